The lowest BCUT2D eigenvalue weighted by molar-refractivity contribution is -0.123. The van der Waals surface area contributed by atoms with Crippen LogP contribution in [0.4, 0.5) is 0 Å². The maximum Gasteiger partial charge on any atom is 0.235 e. The summed E-state index contributed by atoms with van der Waals surface area (Å²) in [5.41, 5.74) is -0.438. The lowest BCUT2D eigenvalue weighted by atomic mass is 9.77. The van der Waals surface area contributed by atoms with E-state index in [2.05, 4.69) is 37.1 Å². The van der Waals surface area contributed by atoms with Crippen LogP contribution in [0, 0.1) is 28.6 Å². The van der Waals surface area contributed by atoms with Crippen molar-refractivity contribution in [2.75, 3.05) is 19.6 Å². The molecule has 22 heavy (non-hydrogen) atoms. The molecule has 1 aliphatic rings. The van der Waals surface area contributed by atoms with E-state index in [1.807, 2.05) is 13.8 Å². The van der Waals surface area contributed by atoms with Crippen LogP contribution in [-0.4, -0.2) is 36.0 Å². The molecule has 126 valence electrons. The Kier molecular flexibility index (Phi) is 6.43. The van der Waals surface area contributed by atoms with Crippen molar-refractivity contribution in [3.63, 3.8) is 0 Å². The quantitative estimate of drug-likeness (QED) is 0.868. The standard InChI is InChI=1S/C18H33N3O/c1-14(2)18(6,13-19)20-16(22)12-21-10-7-8-15(9-11-21)17(3,4)5/h14-15H,7-12H2,1-6H3,(H,20,22). The Morgan fingerprint density at radius 2 is 1.91 bits per heavy atom. The number of carbonyl (C=O) groups excluding carboxylic acids is 1. The monoisotopic (exact) mass is 307 g/mol. The molecule has 0 radical (unpaired) electrons. The molecule has 0 spiro atoms. The second-order valence-corrected chi connectivity index (χ2v) is 8.29. The molecule has 1 saturated heterocycles. The van der Waals surface area contributed by atoms with Gasteiger partial charge in [-0.25, -0.2) is 0 Å². The zero-order chi connectivity index (χ0) is 17.0. The van der Waals surface area contributed by atoms with E-state index in [-0.39, 0.29) is 11.8 Å². The van der Waals surface area contributed by atoms with E-state index < -0.39 is 5.54 Å². The van der Waals surface area contributed by atoms with E-state index >= 15 is 0 Å². The topological polar surface area (TPSA) is 56.1 Å². The normalized spacial score (nSPS) is 23.5. The van der Waals surface area contributed by atoms with E-state index in [0.717, 1.165) is 31.8 Å². The summed E-state index contributed by atoms with van der Waals surface area (Å²) >= 11 is 0. The highest BCUT2D eigenvalue weighted by atomic mass is 16.2. The second-order valence-electron chi connectivity index (χ2n) is 8.29. The molecule has 1 heterocycles. The summed E-state index contributed by atoms with van der Waals surface area (Å²) < 4.78 is 0. The maximum absolute atomic E-state index is 12.3. The highest BCUT2D eigenvalue weighted by Gasteiger charge is 2.31. The molecule has 0 aliphatic carbocycles. The van der Waals surface area contributed by atoms with Crippen molar-refractivity contribution in [3.8, 4) is 6.07 Å². The minimum absolute atomic E-state index is 0.0352. The average molecular weight is 307 g/mol. The predicted octanol–water partition coefficient (Wildman–Crippen LogP) is 3.19. The highest BCUT2D eigenvalue weighted by Crippen LogP contribution is 2.34. The molecule has 1 N–H and O–H groups in total. The third-order valence-corrected chi connectivity index (χ3v) is 5.20. The Morgan fingerprint density at radius 1 is 1.27 bits per heavy atom. The van der Waals surface area contributed by atoms with E-state index in [1.54, 1.807) is 6.92 Å². The van der Waals surface area contributed by atoms with Gasteiger partial charge in [0.2, 0.25) is 5.91 Å². The Balaban J connectivity index is 2.54. The fourth-order valence-electron chi connectivity index (χ4n) is 3.01. The van der Waals surface area contributed by atoms with Crippen LogP contribution in [0.5, 0.6) is 0 Å². The second kappa shape index (κ2) is 7.46. The molecule has 0 saturated carbocycles. The molecular weight excluding hydrogens is 274 g/mol. The Labute approximate surface area is 136 Å². The third-order valence-electron chi connectivity index (χ3n) is 5.20. The Hall–Kier alpha value is -1.08. The van der Waals surface area contributed by atoms with Gasteiger partial charge >= 0.3 is 0 Å². The summed E-state index contributed by atoms with van der Waals surface area (Å²) in [4.78, 5) is 14.5. The fourth-order valence-corrected chi connectivity index (χ4v) is 3.01. The SMILES string of the molecule is CC(C)C(C)(C#N)NC(=O)CN1CCCC(C(C)(C)C)CC1. The lowest BCUT2D eigenvalue weighted by Gasteiger charge is -2.30. The molecule has 1 rings (SSSR count). The number of rotatable bonds is 4. The van der Waals surface area contributed by atoms with Crippen LogP contribution >= 0.6 is 0 Å². The van der Waals surface area contributed by atoms with E-state index in [0.29, 0.717) is 12.0 Å². The number of nitriles is 1. The molecule has 0 aromatic heterocycles. The van der Waals surface area contributed by atoms with Gasteiger partial charge in [-0.3, -0.25) is 9.69 Å². The highest BCUT2D eigenvalue weighted by molar-refractivity contribution is 5.79. The number of nitrogens with one attached hydrogen (secondary N) is 1. The van der Waals surface area contributed by atoms with Gasteiger partial charge in [-0.15, -0.1) is 0 Å². The summed E-state index contributed by atoms with van der Waals surface area (Å²) in [6, 6.07) is 2.23. The number of likely N-dealkylation sites (tertiary alicyclic amines) is 1. The molecule has 1 fully saturated rings. The van der Waals surface area contributed by atoms with Crippen LogP contribution in [0.1, 0.15) is 60.8 Å². The van der Waals surface area contributed by atoms with Gasteiger partial charge in [0.05, 0.1) is 12.6 Å². The number of amides is 1. The van der Waals surface area contributed by atoms with Gasteiger partial charge in [-0.1, -0.05) is 34.6 Å². The lowest BCUT2D eigenvalue weighted by Crippen LogP contribution is -2.51. The van der Waals surface area contributed by atoms with Gasteiger partial charge in [-0.05, 0) is 56.5 Å². The van der Waals surface area contributed by atoms with Crippen LogP contribution in [0.2, 0.25) is 0 Å². The Morgan fingerprint density at radius 3 is 2.41 bits per heavy atom. The molecule has 2 unspecified atom stereocenters. The zero-order valence-electron chi connectivity index (χ0n) is 15.2. The molecule has 1 aliphatic heterocycles. The molecule has 0 aromatic carbocycles. The summed E-state index contributed by atoms with van der Waals surface area (Å²) in [6.45, 7) is 15.0. The van der Waals surface area contributed by atoms with Crippen molar-refractivity contribution < 1.29 is 4.79 Å². The third kappa shape index (κ3) is 5.28. The van der Waals surface area contributed by atoms with Crippen molar-refractivity contribution in [3.05, 3.63) is 0 Å². The molecule has 2 atom stereocenters. The first-order chi connectivity index (χ1) is 10.1. The Bertz CT molecular complexity index is 419. The van der Waals surface area contributed by atoms with Crippen molar-refractivity contribution in [2.24, 2.45) is 17.3 Å². The minimum atomic E-state index is -0.781. The average Bonchev–Trinajstić information content (AvgIpc) is 2.63. The number of hydrogen-bond acceptors (Lipinski definition) is 3. The maximum atomic E-state index is 12.3. The summed E-state index contributed by atoms with van der Waals surface area (Å²) in [6.07, 6.45) is 3.54. The number of nitrogens with zero attached hydrogens (tertiary/aromatic N) is 2. The van der Waals surface area contributed by atoms with Crippen molar-refractivity contribution in [2.45, 2.75) is 66.3 Å². The first kappa shape index (κ1) is 19.0. The number of hydrogen-bond donors (Lipinski definition) is 1. The minimum Gasteiger partial charge on any atom is -0.337 e. The van der Waals surface area contributed by atoms with Crippen molar-refractivity contribution >= 4 is 5.91 Å². The first-order valence-corrected chi connectivity index (χ1v) is 8.53. The fraction of sp³-hybridized carbons (Fsp3) is 0.889. The van der Waals surface area contributed by atoms with Crippen molar-refractivity contribution in [1.29, 1.82) is 5.26 Å². The van der Waals surface area contributed by atoms with Crippen LogP contribution < -0.4 is 5.32 Å². The molecule has 1 amide bonds. The van der Waals surface area contributed by atoms with Crippen molar-refractivity contribution in [1.82, 2.24) is 10.2 Å². The number of carbonyl (C=O) groups is 1. The molecule has 4 heteroatoms. The van der Waals surface area contributed by atoms with E-state index in [4.69, 9.17) is 0 Å². The van der Waals surface area contributed by atoms with Crippen LogP contribution in [-0.2, 0) is 4.79 Å². The van der Waals surface area contributed by atoms with E-state index in [9.17, 15) is 10.1 Å². The first-order valence-electron chi connectivity index (χ1n) is 8.53. The van der Waals surface area contributed by atoms with Gasteiger partial charge in [-0.2, -0.15) is 5.26 Å². The van der Waals surface area contributed by atoms with Crippen LogP contribution in [0.25, 0.3) is 0 Å². The van der Waals surface area contributed by atoms with Gasteiger partial charge in [0, 0.05) is 0 Å². The van der Waals surface area contributed by atoms with Crippen LogP contribution in [0.3, 0.4) is 0 Å². The van der Waals surface area contributed by atoms with Crippen LogP contribution in [0.15, 0.2) is 0 Å². The summed E-state index contributed by atoms with van der Waals surface area (Å²) in [7, 11) is 0. The van der Waals surface area contributed by atoms with Gasteiger partial charge in [0.15, 0.2) is 0 Å². The predicted molar refractivity (Wildman–Crippen MR) is 90.2 cm³/mol. The zero-order valence-corrected chi connectivity index (χ0v) is 15.2. The van der Waals surface area contributed by atoms with Gasteiger partial charge in [0.1, 0.15) is 5.54 Å². The smallest absolute Gasteiger partial charge is 0.235 e. The summed E-state index contributed by atoms with van der Waals surface area (Å²) in [5, 5.41) is 12.2. The molecule has 0 bridgehead atoms. The van der Waals surface area contributed by atoms with Gasteiger partial charge in [0.25, 0.3) is 0 Å². The molecule has 4 nitrogen and oxygen atoms in total. The molecular formula is C18H33N3O. The molecule has 0 aromatic rings. The van der Waals surface area contributed by atoms with Gasteiger partial charge < -0.3 is 5.32 Å². The van der Waals surface area contributed by atoms with E-state index in [1.165, 1.54) is 6.42 Å². The largest absolute Gasteiger partial charge is 0.337 e. The summed E-state index contributed by atoms with van der Waals surface area (Å²) in [5.74, 6) is 0.781.